The summed E-state index contributed by atoms with van der Waals surface area (Å²) in [5.74, 6) is -0.193. The Morgan fingerprint density at radius 2 is 1.41 bits per heavy atom. The van der Waals surface area contributed by atoms with Crippen LogP contribution in [0.15, 0.2) is 75.9 Å². The van der Waals surface area contributed by atoms with Gasteiger partial charge in [0, 0.05) is 13.0 Å². The smallest absolute Gasteiger partial charge is 0.336 e. The van der Waals surface area contributed by atoms with Crippen molar-refractivity contribution in [3.05, 3.63) is 82.9 Å². The molecule has 1 heterocycles. The zero-order valence-corrected chi connectivity index (χ0v) is 12.1. The Balaban J connectivity index is 2.22. The second-order valence-corrected chi connectivity index (χ2v) is 5.00. The molecule has 108 valence electrons. The van der Waals surface area contributed by atoms with E-state index < -0.39 is 5.63 Å². The van der Waals surface area contributed by atoms with Gasteiger partial charge in [-0.3, -0.25) is 4.79 Å². The van der Waals surface area contributed by atoms with Gasteiger partial charge in [0.25, 0.3) is 0 Å². The van der Waals surface area contributed by atoms with Crippen molar-refractivity contribution in [2.75, 3.05) is 0 Å². The Bertz CT molecular complexity index is 876. The fourth-order valence-corrected chi connectivity index (χ4v) is 2.41. The predicted molar refractivity (Wildman–Crippen MR) is 85.9 cm³/mol. The van der Waals surface area contributed by atoms with Gasteiger partial charge >= 0.3 is 5.63 Å². The minimum atomic E-state index is -0.523. The number of rotatable bonds is 3. The van der Waals surface area contributed by atoms with Gasteiger partial charge < -0.3 is 4.42 Å². The minimum absolute atomic E-state index is 0.0744. The van der Waals surface area contributed by atoms with Crippen LogP contribution in [0, 0.1) is 0 Å². The molecule has 3 nitrogen and oxygen atoms in total. The number of carbonyl (C=O) groups is 1. The van der Waals surface area contributed by atoms with E-state index in [9.17, 15) is 9.59 Å². The van der Waals surface area contributed by atoms with Crippen LogP contribution in [0.5, 0.6) is 0 Å². The highest BCUT2D eigenvalue weighted by atomic mass is 16.4. The number of hydrogen-bond donors (Lipinski definition) is 0. The normalized spacial score (nSPS) is 10.4. The van der Waals surface area contributed by atoms with Crippen LogP contribution >= 0.6 is 0 Å². The van der Waals surface area contributed by atoms with Crippen molar-refractivity contribution in [1.82, 2.24) is 0 Å². The highest BCUT2D eigenvalue weighted by Crippen LogP contribution is 2.31. The standard InChI is InChI=1S/C19H14O3/c1-13(20)18-11-15(12-19(21)22-18)17-10-6-5-9-16(17)14-7-3-2-4-8-14/h2-12H,1H3. The van der Waals surface area contributed by atoms with Gasteiger partial charge in [0.15, 0.2) is 11.5 Å². The number of ketones is 1. The van der Waals surface area contributed by atoms with Gasteiger partial charge in [-0.05, 0) is 28.3 Å². The van der Waals surface area contributed by atoms with E-state index in [0.717, 1.165) is 16.7 Å². The molecule has 3 heteroatoms. The molecule has 0 aliphatic carbocycles. The molecule has 3 rings (SSSR count). The van der Waals surface area contributed by atoms with E-state index in [1.165, 1.54) is 13.0 Å². The van der Waals surface area contributed by atoms with Crippen molar-refractivity contribution in [3.63, 3.8) is 0 Å². The summed E-state index contributed by atoms with van der Waals surface area (Å²) < 4.78 is 4.94. The monoisotopic (exact) mass is 290 g/mol. The third-order valence-electron chi connectivity index (χ3n) is 3.44. The molecule has 0 aliphatic rings. The molecule has 0 bridgehead atoms. The first kappa shape index (κ1) is 14.0. The molecule has 0 amide bonds. The first-order valence-corrected chi connectivity index (χ1v) is 6.96. The summed E-state index contributed by atoms with van der Waals surface area (Å²) in [7, 11) is 0. The van der Waals surface area contributed by atoms with Crippen molar-refractivity contribution >= 4 is 5.78 Å². The lowest BCUT2D eigenvalue weighted by atomic mass is 9.95. The van der Waals surface area contributed by atoms with Gasteiger partial charge in [-0.1, -0.05) is 54.6 Å². The van der Waals surface area contributed by atoms with E-state index in [-0.39, 0.29) is 11.5 Å². The van der Waals surface area contributed by atoms with E-state index in [0.29, 0.717) is 5.56 Å². The van der Waals surface area contributed by atoms with Crippen LogP contribution in [0.2, 0.25) is 0 Å². The number of Topliss-reactive ketones (excluding diaryl/α,β-unsaturated/α-hetero) is 1. The van der Waals surface area contributed by atoms with Crippen LogP contribution in [0.4, 0.5) is 0 Å². The lowest BCUT2D eigenvalue weighted by Gasteiger charge is -2.10. The van der Waals surface area contributed by atoms with Crippen LogP contribution < -0.4 is 5.63 Å². The maximum absolute atomic E-state index is 11.7. The largest absolute Gasteiger partial charge is 0.420 e. The summed E-state index contributed by atoms with van der Waals surface area (Å²) in [6.07, 6.45) is 0. The molecule has 0 spiro atoms. The summed E-state index contributed by atoms with van der Waals surface area (Å²) in [5.41, 5.74) is 3.11. The van der Waals surface area contributed by atoms with Crippen molar-refractivity contribution in [2.45, 2.75) is 6.92 Å². The van der Waals surface area contributed by atoms with Gasteiger partial charge in [-0.2, -0.15) is 0 Å². The Kier molecular flexibility index (Phi) is 3.71. The van der Waals surface area contributed by atoms with Gasteiger partial charge in [-0.15, -0.1) is 0 Å². The van der Waals surface area contributed by atoms with E-state index in [4.69, 9.17) is 4.42 Å². The summed E-state index contributed by atoms with van der Waals surface area (Å²) in [4.78, 5) is 23.2. The molecule has 0 aliphatic heterocycles. The van der Waals surface area contributed by atoms with Gasteiger partial charge in [-0.25, -0.2) is 4.79 Å². The molecule has 0 fully saturated rings. The fourth-order valence-electron chi connectivity index (χ4n) is 2.41. The summed E-state index contributed by atoms with van der Waals surface area (Å²) in [6, 6.07) is 20.7. The highest BCUT2D eigenvalue weighted by Gasteiger charge is 2.11. The third-order valence-corrected chi connectivity index (χ3v) is 3.44. The Morgan fingerprint density at radius 1 is 0.818 bits per heavy atom. The zero-order chi connectivity index (χ0) is 15.5. The van der Waals surface area contributed by atoms with Crippen molar-refractivity contribution in [3.8, 4) is 22.3 Å². The second kappa shape index (κ2) is 5.82. The van der Waals surface area contributed by atoms with E-state index in [1.54, 1.807) is 6.07 Å². The number of benzene rings is 2. The van der Waals surface area contributed by atoms with Crippen LogP contribution in [-0.2, 0) is 0 Å². The lowest BCUT2D eigenvalue weighted by molar-refractivity contribution is 0.0983. The zero-order valence-electron chi connectivity index (χ0n) is 12.1. The van der Waals surface area contributed by atoms with Gasteiger partial charge in [0.2, 0.25) is 0 Å². The maximum atomic E-state index is 11.7. The molecule has 0 radical (unpaired) electrons. The SMILES string of the molecule is CC(=O)c1cc(-c2ccccc2-c2ccccc2)cc(=O)o1. The third kappa shape index (κ3) is 2.74. The molecule has 3 aromatic rings. The molecule has 0 saturated heterocycles. The van der Waals surface area contributed by atoms with E-state index >= 15 is 0 Å². The molecule has 22 heavy (non-hydrogen) atoms. The predicted octanol–water partition coefficient (Wildman–Crippen LogP) is 4.18. The van der Waals surface area contributed by atoms with Crippen LogP contribution in [0.25, 0.3) is 22.3 Å². The van der Waals surface area contributed by atoms with Gasteiger partial charge in [0.1, 0.15) is 0 Å². The van der Waals surface area contributed by atoms with E-state index in [1.807, 2.05) is 54.6 Å². The lowest BCUT2D eigenvalue weighted by Crippen LogP contribution is -2.04. The number of carbonyl (C=O) groups excluding carboxylic acids is 1. The molecule has 0 unspecified atom stereocenters. The summed E-state index contributed by atoms with van der Waals surface area (Å²) >= 11 is 0. The topological polar surface area (TPSA) is 47.3 Å². The molecule has 2 aromatic carbocycles. The van der Waals surface area contributed by atoms with Crippen molar-refractivity contribution in [1.29, 1.82) is 0 Å². The van der Waals surface area contributed by atoms with Crippen molar-refractivity contribution in [2.24, 2.45) is 0 Å². The molecule has 0 N–H and O–H groups in total. The molecular weight excluding hydrogens is 276 g/mol. The molecular formula is C19H14O3. The first-order valence-electron chi connectivity index (χ1n) is 6.96. The van der Waals surface area contributed by atoms with Crippen molar-refractivity contribution < 1.29 is 9.21 Å². The maximum Gasteiger partial charge on any atom is 0.336 e. The summed E-state index contributed by atoms with van der Waals surface area (Å²) in [6.45, 7) is 1.38. The van der Waals surface area contributed by atoms with Crippen LogP contribution in [0.1, 0.15) is 17.5 Å². The van der Waals surface area contributed by atoms with E-state index in [2.05, 4.69) is 0 Å². The Morgan fingerprint density at radius 3 is 2.05 bits per heavy atom. The molecule has 0 saturated carbocycles. The van der Waals surface area contributed by atoms with Crippen LogP contribution in [-0.4, -0.2) is 5.78 Å². The fraction of sp³-hybridized carbons (Fsp3) is 0.0526. The molecule has 1 aromatic heterocycles. The van der Waals surface area contributed by atoms with Crippen LogP contribution in [0.3, 0.4) is 0 Å². The minimum Gasteiger partial charge on any atom is -0.420 e. The Hall–Kier alpha value is -2.94. The quantitative estimate of drug-likeness (QED) is 0.680. The number of hydrogen-bond acceptors (Lipinski definition) is 3. The average molecular weight is 290 g/mol. The van der Waals surface area contributed by atoms with Gasteiger partial charge in [0.05, 0.1) is 0 Å². The first-order chi connectivity index (χ1) is 10.6. The Labute approximate surface area is 127 Å². The molecule has 0 atom stereocenters. The highest BCUT2D eigenvalue weighted by molar-refractivity contribution is 5.93. The summed E-state index contributed by atoms with van der Waals surface area (Å²) in [5, 5.41) is 0. The average Bonchev–Trinajstić information content (AvgIpc) is 2.55. The second-order valence-electron chi connectivity index (χ2n) is 5.00.